The number of pyridine rings is 1. The van der Waals surface area contributed by atoms with Crippen molar-refractivity contribution in [2.75, 3.05) is 0 Å². The molecule has 0 radical (unpaired) electrons. The molecule has 0 saturated carbocycles. The summed E-state index contributed by atoms with van der Waals surface area (Å²) in [6, 6.07) is 2.21. The van der Waals surface area contributed by atoms with Crippen LogP contribution in [0, 0.1) is 0 Å². The van der Waals surface area contributed by atoms with E-state index in [0.29, 0.717) is 0 Å². The van der Waals surface area contributed by atoms with Gasteiger partial charge >= 0.3 is 7.12 Å². The third-order valence-corrected chi connectivity index (χ3v) is 4.47. The van der Waals surface area contributed by atoms with Crippen molar-refractivity contribution >= 4 is 12.6 Å². The summed E-state index contributed by atoms with van der Waals surface area (Å²) in [5.74, 6) is 0. The molecule has 3 nitrogen and oxygen atoms in total. The molecule has 1 aliphatic carbocycles. The molecule has 1 aromatic heterocycles. The fraction of sp³-hybridized carbons (Fsp3) is 0.643. The Morgan fingerprint density at radius 1 is 1.11 bits per heavy atom. The van der Waals surface area contributed by atoms with Gasteiger partial charge in [0.25, 0.3) is 0 Å². The number of hydrogen-bond donors (Lipinski definition) is 0. The van der Waals surface area contributed by atoms with Gasteiger partial charge in [-0.1, -0.05) is 6.07 Å². The van der Waals surface area contributed by atoms with Crippen molar-refractivity contribution in [1.29, 1.82) is 0 Å². The molecule has 0 atom stereocenters. The average molecular weight is 245 g/mol. The second kappa shape index (κ2) is 3.81. The Morgan fingerprint density at radius 2 is 1.78 bits per heavy atom. The zero-order valence-corrected chi connectivity index (χ0v) is 11.6. The number of fused-ring (bicyclic) bond motifs is 1. The van der Waals surface area contributed by atoms with Crippen molar-refractivity contribution in [2.24, 2.45) is 0 Å². The molecule has 1 aromatic rings. The van der Waals surface area contributed by atoms with Crippen LogP contribution in [0.15, 0.2) is 12.3 Å². The summed E-state index contributed by atoms with van der Waals surface area (Å²) in [7, 11) is -0.284. The van der Waals surface area contributed by atoms with Gasteiger partial charge in [0.2, 0.25) is 0 Å². The molecule has 4 heteroatoms. The molecule has 1 saturated heterocycles. The second-order valence-electron chi connectivity index (χ2n) is 6.32. The van der Waals surface area contributed by atoms with E-state index in [1.54, 1.807) is 0 Å². The Hall–Kier alpha value is -0.865. The van der Waals surface area contributed by atoms with Crippen molar-refractivity contribution < 1.29 is 9.31 Å². The lowest BCUT2D eigenvalue weighted by Crippen LogP contribution is -2.41. The molecule has 1 aliphatic heterocycles. The largest absolute Gasteiger partial charge is 0.496 e. The molecule has 1 fully saturated rings. The Balaban J connectivity index is 1.89. The Labute approximate surface area is 109 Å². The van der Waals surface area contributed by atoms with Crippen molar-refractivity contribution in [2.45, 2.75) is 58.2 Å². The molecule has 0 spiro atoms. The highest BCUT2D eigenvalue weighted by atomic mass is 16.7. The van der Waals surface area contributed by atoms with Gasteiger partial charge in [-0.05, 0) is 52.5 Å². The molecule has 0 unspecified atom stereocenters. The van der Waals surface area contributed by atoms with Gasteiger partial charge in [0.1, 0.15) is 0 Å². The Morgan fingerprint density at radius 3 is 2.44 bits per heavy atom. The summed E-state index contributed by atoms with van der Waals surface area (Å²) >= 11 is 0. The average Bonchev–Trinajstić information content (AvgIpc) is 2.80. The minimum atomic E-state index is -0.284. The maximum Gasteiger partial charge on any atom is 0.496 e. The fourth-order valence-corrected chi connectivity index (χ4v) is 2.55. The molecule has 0 bridgehead atoms. The van der Waals surface area contributed by atoms with Crippen LogP contribution in [0.2, 0.25) is 0 Å². The first kappa shape index (κ1) is 12.2. The lowest BCUT2D eigenvalue weighted by Gasteiger charge is -2.32. The minimum absolute atomic E-state index is 0.281. The summed E-state index contributed by atoms with van der Waals surface area (Å²) in [4.78, 5) is 4.54. The molecule has 2 aliphatic rings. The van der Waals surface area contributed by atoms with Crippen molar-refractivity contribution in [3.8, 4) is 0 Å². The first-order valence-electron chi connectivity index (χ1n) is 6.72. The SMILES string of the molecule is CC1(C)OB(c2cnc3c(c2)CCC3)OC1(C)C. The van der Waals surface area contributed by atoms with Gasteiger partial charge in [-0.25, -0.2) is 0 Å². The third-order valence-electron chi connectivity index (χ3n) is 4.47. The monoisotopic (exact) mass is 245 g/mol. The van der Waals surface area contributed by atoms with E-state index in [9.17, 15) is 0 Å². The van der Waals surface area contributed by atoms with Crippen LogP contribution in [0.4, 0.5) is 0 Å². The molecule has 2 heterocycles. The van der Waals surface area contributed by atoms with Gasteiger partial charge in [0.05, 0.1) is 11.2 Å². The summed E-state index contributed by atoms with van der Waals surface area (Å²) in [5.41, 5.74) is 3.10. The maximum absolute atomic E-state index is 6.05. The van der Waals surface area contributed by atoms with Gasteiger partial charge in [0.15, 0.2) is 0 Å². The number of aryl methyl sites for hydroxylation is 2. The molecule has 3 rings (SSSR count). The number of nitrogens with zero attached hydrogens (tertiary/aromatic N) is 1. The van der Waals surface area contributed by atoms with Crippen LogP contribution >= 0.6 is 0 Å². The quantitative estimate of drug-likeness (QED) is 0.708. The Kier molecular flexibility index (Phi) is 2.58. The van der Waals surface area contributed by atoms with Gasteiger partial charge in [0, 0.05) is 17.4 Å². The normalized spacial score (nSPS) is 24.3. The maximum atomic E-state index is 6.05. The summed E-state index contributed by atoms with van der Waals surface area (Å²) in [5, 5.41) is 0. The second-order valence-corrected chi connectivity index (χ2v) is 6.32. The zero-order valence-electron chi connectivity index (χ0n) is 11.6. The molecular formula is C14H20BNO2. The van der Waals surface area contributed by atoms with Crippen LogP contribution in [-0.2, 0) is 22.2 Å². The van der Waals surface area contributed by atoms with Gasteiger partial charge in [-0.2, -0.15) is 0 Å². The van der Waals surface area contributed by atoms with E-state index in [1.165, 1.54) is 17.7 Å². The molecule has 0 amide bonds. The first-order chi connectivity index (χ1) is 8.39. The topological polar surface area (TPSA) is 31.4 Å². The van der Waals surface area contributed by atoms with Crippen LogP contribution in [-0.4, -0.2) is 23.3 Å². The third kappa shape index (κ3) is 1.79. The van der Waals surface area contributed by atoms with Gasteiger partial charge in [-0.3, -0.25) is 4.98 Å². The number of rotatable bonds is 1. The smallest absolute Gasteiger partial charge is 0.399 e. The fourth-order valence-electron chi connectivity index (χ4n) is 2.55. The highest BCUT2D eigenvalue weighted by molar-refractivity contribution is 6.62. The van der Waals surface area contributed by atoms with Crippen LogP contribution in [0.25, 0.3) is 0 Å². The number of hydrogen-bond acceptors (Lipinski definition) is 3. The predicted octanol–water partition coefficient (Wildman–Crippen LogP) is 1.87. The van der Waals surface area contributed by atoms with Gasteiger partial charge < -0.3 is 9.31 Å². The van der Waals surface area contributed by atoms with E-state index >= 15 is 0 Å². The number of aromatic nitrogens is 1. The van der Waals surface area contributed by atoms with Crippen LogP contribution in [0.3, 0.4) is 0 Å². The molecule has 18 heavy (non-hydrogen) atoms. The van der Waals surface area contributed by atoms with Crippen LogP contribution in [0.1, 0.15) is 45.4 Å². The van der Waals surface area contributed by atoms with E-state index in [2.05, 4.69) is 38.7 Å². The molecule has 0 aromatic carbocycles. The van der Waals surface area contributed by atoms with E-state index in [-0.39, 0.29) is 18.3 Å². The van der Waals surface area contributed by atoms with Crippen molar-refractivity contribution in [1.82, 2.24) is 4.98 Å². The predicted molar refractivity (Wildman–Crippen MR) is 72.0 cm³/mol. The van der Waals surface area contributed by atoms with E-state index in [4.69, 9.17) is 9.31 Å². The summed E-state index contributed by atoms with van der Waals surface area (Å²) in [6.45, 7) is 8.31. The summed E-state index contributed by atoms with van der Waals surface area (Å²) in [6.07, 6.45) is 5.37. The van der Waals surface area contributed by atoms with E-state index in [0.717, 1.165) is 18.3 Å². The minimum Gasteiger partial charge on any atom is -0.399 e. The Bertz CT molecular complexity index is 469. The lowest BCUT2D eigenvalue weighted by atomic mass is 9.79. The first-order valence-corrected chi connectivity index (χ1v) is 6.72. The molecule has 0 N–H and O–H groups in total. The highest BCUT2D eigenvalue weighted by Gasteiger charge is 2.51. The van der Waals surface area contributed by atoms with E-state index in [1.807, 2.05) is 6.20 Å². The van der Waals surface area contributed by atoms with Crippen LogP contribution < -0.4 is 5.46 Å². The lowest BCUT2D eigenvalue weighted by molar-refractivity contribution is 0.00578. The molecular weight excluding hydrogens is 225 g/mol. The zero-order chi connectivity index (χ0) is 13.0. The molecule has 96 valence electrons. The van der Waals surface area contributed by atoms with Crippen molar-refractivity contribution in [3.63, 3.8) is 0 Å². The highest BCUT2D eigenvalue weighted by Crippen LogP contribution is 2.36. The van der Waals surface area contributed by atoms with Crippen LogP contribution in [0.5, 0.6) is 0 Å². The van der Waals surface area contributed by atoms with Crippen molar-refractivity contribution in [3.05, 3.63) is 23.5 Å². The van der Waals surface area contributed by atoms with Gasteiger partial charge in [-0.15, -0.1) is 0 Å². The standard InChI is InChI=1S/C14H20BNO2/c1-13(2)14(3,4)18-15(17-13)11-8-10-6-5-7-12(10)16-9-11/h8-9H,5-7H2,1-4H3. The van der Waals surface area contributed by atoms with E-state index < -0.39 is 0 Å². The summed E-state index contributed by atoms with van der Waals surface area (Å²) < 4.78 is 12.1.